The van der Waals surface area contributed by atoms with Crippen LogP contribution >= 0.6 is 0 Å². The molecular weight excluding hydrogens is 760 g/mol. The Balaban J connectivity index is 2.22. The van der Waals surface area contributed by atoms with E-state index in [0.717, 1.165) is 41.5 Å². The van der Waals surface area contributed by atoms with Crippen molar-refractivity contribution in [1.82, 2.24) is 0 Å². The number of hydrogen-bond donors (Lipinski definition) is 1. The zero-order valence-corrected chi connectivity index (χ0v) is 34.8. The monoisotopic (exact) mass is 814 g/mol. The normalized spacial score (nSPS) is 27.9. The van der Waals surface area contributed by atoms with Crippen molar-refractivity contribution in [2.75, 3.05) is 20.3 Å². The van der Waals surface area contributed by atoms with Crippen LogP contribution in [0.1, 0.15) is 74.0 Å². The van der Waals surface area contributed by atoms with Crippen molar-refractivity contribution in [3.63, 3.8) is 0 Å². The lowest BCUT2D eigenvalue weighted by atomic mass is 9.90. The van der Waals surface area contributed by atoms with Crippen LogP contribution in [-0.4, -0.2) is 125 Å². The number of benzene rings is 1. The minimum atomic E-state index is -2.45. The summed E-state index contributed by atoms with van der Waals surface area (Å²) in [5, 5.41) is 12.0. The minimum absolute atomic E-state index is 0.204. The molecule has 0 aliphatic carbocycles. The third-order valence-electron chi connectivity index (χ3n) is 9.34. The molecule has 0 radical (unpaired) electrons. The Bertz CT molecular complexity index is 1590. The summed E-state index contributed by atoms with van der Waals surface area (Å²) in [4.78, 5) is 73.6. The molecule has 0 bridgehead atoms. The number of rotatable bonds is 14. The number of aliphatic hydroxyl groups excluding tert-OH is 1. The first-order valence-corrected chi connectivity index (χ1v) is 20.8. The van der Waals surface area contributed by atoms with Crippen LogP contribution in [0, 0.1) is 0 Å². The second-order valence-corrected chi connectivity index (χ2v) is 19.6. The first-order chi connectivity index (χ1) is 25.9. The smallest absolute Gasteiger partial charge is 0.303 e. The van der Waals surface area contributed by atoms with Crippen molar-refractivity contribution in [2.45, 2.75) is 142 Å². The summed E-state index contributed by atoms with van der Waals surface area (Å²) in [5.41, 5.74) is 0.358. The Labute approximate surface area is 326 Å². The summed E-state index contributed by atoms with van der Waals surface area (Å²) >= 11 is 0. The number of aliphatic hydroxyl groups is 1. The third-order valence-corrected chi connectivity index (χ3v) is 13.7. The second kappa shape index (κ2) is 19.2. The summed E-state index contributed by atoms with van der Waals surface area (Å²) in [6.45, 7) is 15.8. The molecule has 1 aromatic rings. The first kappa shape index (κ1) is 46.1. The van der Waals surface area contributed by atoms with Crippen LogP contribution in [0.25, 0.3) is 0 Å². The van der Waals surface area contributed by atoms with Crippen molar-refractivity contribution in [2.24, 2.45) is 0 Å². The Morgan fingerprint density at radius 1 is 0.661 bits per heavy atom. The van der Waals surface area contributed by atoms with Gasteiger partial charge in [0.15, 0.2) is 36.5 Å². The van der Waals surface area contributed by atoms with Crippen molar-refractivity contribution < 1.29 is 85.7 Å². The lowest BCUT2D eigenvalue weighted by Crippen LogP contribution is -2.66. The van der Waals surface area contributed by atoms with Gasteiger partial charge in [-0.15, -0.1) is 0 Å². The van der Waals surface area contributed by atoms with E-state index in [-0.39, 0.29) is 5.04 Å². The lowest BCUT2D eigenvalue weighted by Gasteiger charge is -2.48. The van der Waals surface area contributed by atoms with Crippen molar-refractivity contribution in [3.8, 4) is 11.5 Å². The van der Waals surface area contributed by atoms with Gasteiger partial charge in [0.25, 0.3) is 8.32 Å². The molecule has 19 heteroatoms. The highest BCUT2D eigenvalue weighted by Gasteiger charge is 2.57. The topological polar surface area (TPSA) is 224 Å². The highest BCUT2D eigenvalue weighted by Crippen LogP contribution is 2.44. The maximum Gasteiger partial charge on any atom is 0.303 e. The highest BCUT2D eigenvalue weighted by molar-refractivity contribution is 6.74. The van der Waals surface area contributed by atoms with Gasteiger partial charge >= 0.3 is 35.8 Å². The Kier molecular flexibility index (Phi) is 15.8. The molecule has 0 saturated carbocycles. The summed E-state index contributed by atoms with van der Waals surface area (Å²) in [6, 6.07) is 4.88. The summed E-state index contributed by atoms with van der Waals surface area (Å²) < 4.78 is 63.6. The predicted octanol–water partition coefficient (Wildman–Crippen LogP) is 2.84. The molecule has 0 unspecified atom stereocenters. The molecule has 0 amide bonds. The summed E-state index contributed by atoms with van der Waals surface area (Å²) in [5.74, 6) is -4.10. The molecule has 18 nitrogen and oxygen atoms in total. The summed E-state index contributed by atoms with van der Waals surface area (Å²) in [6.07, 6.45) is -15.4. The first-order valence-electron chi connectivity index (χ1n) is 17.9. The second-order valence-electron chi connectivity index (χ2n) is 14.9. The van der Waals surface area contributed by atoms with Crippen molar-refractivity contribution in [1.29, 1.82) is 0 Å². The third kappa shape index (κ3) is 12.1. The average molecular weight is 815 g/mol. The number of hydrogen-bond acceptors (Lipinski definition) is 18. The van der Waals surface area contributed by atoms with Crippen LogP contribution in [0.3, 0.4) is 0 Å². The van der Waals surface area contributed by atoms with Gasteiger partial charge in [0.2, 0.25) is 0 Å². The molecule has 2 aliphatic rings. The van der Waals surface area contributed by atoms with Crippen LogP contribution < -0.4 is 9.16 Å². The molecule has 2 fully saturated rings. The van der Waals surface area contributed by atoms with Gasteiger partial charge in [-0.2, -0.15) is 0 Å². The van der Waals surface area contributed by atoms with E-state index in [1.165, 1.54) is 7.11 Å². The Hall–Kier alpha value is -4.30. The van der Waals surface area contributed by atoms with Gasteiger partial charge in [0.05, 0.1) is 7.11 Å². The Morgan fingerprint density at radius 3 is 1.59 bits per heavy atom. The van der Waals surface area contributed by atoms with Gasteiger partial charge in [0.1, 0.15) is 49.5 Å². The van der Waals surface area contributed by atoms with Crippen molar-refractivity contribution >= 4 is 44.1 Å². The van der Waals surface area contributed by atoms with E-state index in [4.69, 9.17) is 51.8 Å². The van der Waals surface area contributed by atoms with E-state index in [1.807, 2.05) is 13.1 Å². The van der Waals surface area contributed by atoms with Gasteiger partial charge in [-0.05, 0) is 35.8 Å². The van der Waals surface area contributed by atoms with E-state index < -0.39 is 119 Å². The zero-order valence-electron chi connectivity index (χ0n) is 33.8. The Morgan fingerprint density at radius 2 is 1.12 bits per heavy atom. The fraction of sp³-hybridized carbons (Fsp3) is 0.676. The zero-order chi connectivity index (χ0) is 42.3. The fourth-order valence-electron chi connectivity index (χ4n) is 5.86. The predicted molar refractivity (Wildman–Crippen MR) is 193 cm³/mol. The van der Waals surface area contributed by atoms with Crippen LogP contribution in [0.15, 0.2) is 18.2 Å². The largest absolute Gasteiger partial charge is 0.541 e. The maximum atomic E-state index is 12.5. The molecule has 2 heterocycles. The van der Waals surface area contributed by atoms with Gasteiger partial charge in [-0.25, -0.2) is 0 Å². The SMILES string of the molecule is COc1ccc([C@H]2O[C@H](COC(C)=O)[C@@H](OC(C)=O)[C@H](O[C@H]3O[C@H](COC(C)=O)[C@@H](OC(C)=O)[C@H](OC(C)=O)[C@@H]3OC(C)=O)[C@@H]2O)cc1O[Si](C)(C)C(C)(C)C. The lowest BCUT2D eigenvalue weighted by molar-refractivity contribution is -0.345. The molecule has 3 rings (SSSR count). The van der Waals surface area contributed by atoms with E-state index in [0.29, 0.717) is 17.1 Å². The van der Waals surface area contributed by atoms with Gasteiger partial charge in [0, 0.05) is 41.5 Å². The van der Waals surface area contributed by atoms with Crippen LogP contribution in [0.4, 0.5) is 0 Å². The molecule has 2 saturated heterocycles. The van der Waals surface area contributed by atoms with E-state index in [1.54, 1.807) is 18.2 Å². The van der Waals surface area contributed by atoms with Gasteiger partial charge < -0.3 is 56.9 Å². The molecular formula is C37H54O18Si. The highest BCUT2D eigenvalue weighted by atomic mass is 28.4. The molecule has 56 heavy (non-hydrogen) atoms. The van der Waals surface area contributed by atoms with E-state index in [2.05, 4.69) is 20.8 Å². The molecule has 2 aliphatic heterocycles. The van der Waals surface area contributed by atoms with Crippen LogP contribution in [0.2, 0.25) is 18.1 Å². The number of carbonyl (C=O) groups excluding carboxylic acids is 6. The van der Waals surface area contributed by atoms with Gasteiger partial charge in [-0.1, -0.05) is 26.8 Å². The maximum absolute atomic E-state index is 12.5. The molecule has 0 aromatic heterocycles. The number of esters is 6. The fourth-order valence-corrected chi connectivity index (χ4v) is 6.87. The molecule has 1 aromatic carbocycles. The van der Waals surface area contributed by atoms with E-state index in [9.17, 15) is 33.9 Å². The average Bonchev–Trinajstić information content (AvgIpc) is 3.06. The minimum Gasteiger partial charge on any atom is -0.541 e. The standard InChI is InChI=1S/C37H54O18Si/c1-18(38)46-16-27-31(48-20(3)40)33(29(44)30(52-27)24-13-14-25(45-10)26(15-24)55-56(11,12)37(7,8)9)54-36-35(51-23(6)43)34(50-22(5)42)32(49-21(4)41)28(53-36)17-47-19(2)39/h13-15,27-36,44H,16-17H2,1-12H3/t27-,28-,29-,30-,31-,32-,33-,34+,35+,36-/m1/s1. The molecule has 314 valence electrons. The number of carbonyl (C=O) groups is 6. The van der Waals surface area contributed by atoms with Crippen LogP contribution in [-0.2, 0) is 71.4 Å². The molecule has 0 spiro atoms. The summed E-state index contributed by atoms with van der Waals surface area (Å²) in [7, 11) is -0.968. The molecule has 1 N–H and O–H groups in total. The van der Waals surface area contributed by atoms with E-state index >= 15 is 0 Å². The number of ether oxygens (including phenoxy) is 10. The van der Waals surface area contributed by atoms with Gasteiger partial charge in [-0.3, -0.25) is 28.8 Å². The molecule has 10 atom stereocenters. The number of methoxy groups -OCH3 is 1. The van der Waals surface area contributed by atoms with Crippen LogP contribution in [0.5, 0.6) is 11.5 Å². The quantitative estimate of drug-likeness (QED) is 0.162. The van der Waals surface area contributed by atoms with Crippen molar-refractivity contribution in [3.05, 3.63) is 23.8 Å².